The Labute approximate surface area is 88.8 Å². The van der Waals surface area contributed by atoms with Crippen LogP contribution in [-0.2, 0) is 4.79 Å². The SMILES string of the molecule is [N-]=[N+]=NC(CC(F)(F)C(F)(F)Br)C(=O)[O-]. The lowest BCUT2D eigenvalue weighted by Gasteiger charge is -2.24. The maximum absolute atomic E-state index is 12.6. The van der Waals surface area contributed by atoms with Gasteiger partial charge in [-0.2, -0.15) is 17.6 Å². The zero-order valence-electron chi connectivity index (χ0n) is 6.83. The molecule has 0 bridgehead atoms. The summed E-state index contributed by atoms with van der Waals surface area (Å²) in [5.41, 5.74) is 7.81. The van der Waals surface area contributed by atoms with Crippen LogP contribution >= 0.6 is 15.9 Å². The van der Waals surface area contributed by atoms with Crippen molar-refractivity contribution in [2.24, 2.45) is 5.11 Å². The Morgan fingerprint density at radius 1 is 1.53 bits per heavy atom. The first kappa shape index (κ1) is 14.0. The van der Waals surface area contributed by atoms with Crippen LogP contribution in [0.15, 0.2) is 5.11 Å². The number of nitrogens with zero attached hydrogens (tertiary/aromatic N) is 3. The number of hydrogen-bond acceptors (Lipinski definition) is 3. The topological polar surface area (TPSA) is 88.9 Å². The highest BCUT2D eigenvalue weighted by molar-refractivity contribution is 9.10. The van der Waals surface area contributed by atoms with E-state index >= 15 is 0 Å². The van der Waals surface area contributed by atoms with Crippen LogP contribution < -0.4 is 5.11 Å². The predicted molar refractivity (Wildman–Crippen MR) is 41.4 cm³/mol. The van der Waals surface area contributed by atoms with E-state index in [9.17, 15) is 27.5 Å². The predicted octanol–water partition coefficient (Wildman–Crippen LogP) is 1.43. The molecule has 1 unspecified atom stereocenters. The first-order valence-electron chi connectivity index (χ1n) is 3.31. The summed E-state index contributed by atoms with van der Waals surface area (Å²) in [5, 5.41) is 12.5. The first-order valence-corrected chi connectivity index (χ1v) is 4.10. The maximum atomic E-state index is 12.6. The number of carbonyl (C=O) groups is 1. The molecule has 0 amide bonds. The van der Waals surface area contributed by atoms with Gasteiger partial charge in [-0.1, -0.05) is 5.11 Å². The van der Waals surface area contributed by atoms with Gasteiger partial charge in [0, 0.05) is 11.3 Å². The standard InChI is InChI=1S/C5H4BrF4N3O2/c6-5(9,10)4(7,8)1-2(3(14)15)12-13-11/h2H,1H2,(H,14,15)/p-1. The number of hydrogen-bond donors (Lipinski definition) is 0. The molecule has 10 heteroatoms. The van der Waals surface area contributed by atoms with Crippen LogP contribution in [-0.4, -0.2) is 22.8 Å². The molecule has 86 valence electrons. The summed E-state index contributed by atoms with van der Waals surface area (Å²) in [6.45, 7) is 0. The molecule has 0 saturated carbocycles. The van der Waals surface area contributed by atoms with Crippen LogP contribution in [0.4, 0.5) is 17.6 Å². The number of rotatable bonds is 5. The quantitative estimate of drug-likeness (QED) is 0.252. The van der Waals surface area contributed by atoms with E-state index in [-0.39, 0.29) is 0 Å². The summed E-state index contributed by atoms with van der Waals surface area (Å²) >= 11 is 1.40. The number of alkyl halides is 5. The summed E-state index contributed by atoms with van der Waals surface area (Å²) in [6.07, 6.45) is -1.85. The van der Waals surface area contributed by atoms with Gasteiger partial charge < -0.3 is 9.90 Å². The summed E-state index contributed by atoms with van der Waals surface area (Å²) in [4.78, 5) is 7.47. The average Bonchev–Trinajstić information content (AvgIpc) is 2.00. The number of carboxylic acids is 1. The third kappa shape index (κ3) is 3.92. The van der Waals surface area contributed by atoms with Gasteiger partial charge in [0.1, 0.15) is 0 Å². The van der Waals surface area contributed by atoms with Gasteiger partial charge in [0.05, 0.1) is 12.0 Å². The third-order valence-electron chi connectivity index (χ3n) is 1.33. The maximum Gasteiger partial charge on any atom is 0.363 e. The first-order chi connectivity index (χ1) is 6.62. The van der Waals surface area contributed by atoms with Crippen LogP contribution in [0.25, 0.3) is 10.4 Å². The molecule has 0 rings (SSSR count). The molecule has 0 fully saturated rings. The second kappa shape index (κ2) is 4.67. The molecule has 5 nitrogen and oxygen atoms in total. The van der Waals surface area contributed by atoms with Gasteiger partial charge in [0.2, 0.25) is 0 Å². The lowest BCUT2D eigenvalue weighted by Crippen LogP contribution is -2.43. The van der Waals surface area contributed by atoms with Crippen LogP contribution in [0.1, 0.15) is 6.42 Å². The van der Waals surface area contributed by atoms with Crippen molar-refractivity contribution in [3.05, 3.63) is 10.4 Å². The second-order valence-electron chi connectivity index (χ2n) is 2.45. The van der Waals surface area contributed by atoms with E-state index < -0.39 is 29.2 Å². The molecule has 15 heavy (non-hydrogen) atoms. The van der Waals surface area contributed by atoms with E-state index in [1.165, 1.54) is 15.9 Å². The minimum atomic E-state index is -4.66. The minimum Gasteiger partial charge on any atom is -0.550 e. The van der Waals surface area contributed by atoms with Crippen LogP contribution in [0.2, 0.25) is 0 Å². The Hall–Kier alpha value is -1.02. The number of azide groups is 1. The van der Waals surface area contributed by atoms with Crippen molar-refractivity contribution in [1.82, 2.24) is 0 Å². The average molecular weight is 293 g/mol. The Morgan fingerprint density at radius 3 is 2.27 bits per heavy atom. The number of aliphatic carboxylic acids is 1. The van der Waals surface area contributed by atoms with E-state index in [0.717, 1.165) is 0 Å². The molecule has 0 aromatic heterocycles. The summed E-state index contributed by atoms with van der Waals surface area (Å²) in [5.74, 6) is -6.81. The third-order valence-corrected chi connectivity index (χ3v) is 1.91. The summed E-state index contributed by atoms with van der Waals surface area (Å²) in [7, 11) is 0. The molecule has 0 aromatic carbocycles. The van der Waals surface area contributed by atoms with Crippen molar-refractivity contribution in [3.63, 3.8) is 0 Å². The molecule has 0 aromatic rings. The second-order valence-corrected chi connectivity index (χ2v) is 3.44. The molecule has 0 saturated heterocycles. The van der Waals surface area contributed by atoms with Crippen molar-refractivity contribution in [2.45, 2.75) is 23.2 Å². The lowest BCUT2D eigenvalue weighted by atomic mass is 10.1. The zero-order chi connectivity index (χ0) is 12.3. The monoisotopic (exact) mass is 292 g/mol. The molecule has 0 aliphatic heterocycles. The van der Waals surface area contributed by atoms with Crippen molar-refractivity contribution in [1.29, 1.82) is 0 Å². The summed E-state index contributed by atoms with van der Waals surface area (Å²) < 4.78 is 49.6. The normalized spacial score (nSPS) is 14.2. The van der Waals surface area contributed by atoms with Crippen LogP contribution in [0.3, 0.4) is 0 Å². The highest BCUT2D eigenvalue weighted by Crippen LogP contribution is 2.42. The molecule has 0 spiro atoms. The van der Waals surface area contributed by atoms with E-state index in [4.69, 9.17) is 5.53 Å². The molecular weight excluding hydrogens is 290 g/mol. The van der Waals surface area contributed by atoms with Gasteiger partial charge in [0.25, 0.3) is 0 Å². The largest absolute Gasteiger partial charge is 0.550 e. The Bertz CT molecular complexity index is 297. The molecule has 0 aliphatic carbocycles. The smallest absolute Gasteiger partial charge is 0.363 e. The van der Waals surface area contributed by atoms with Gasteiger partial charge in [-0.3, -0.25) is 0 Å². The highest BCUT2D eigenvalue weighted by atomic mass is 79.9. The summed E-state index contributed by atoms with van der Waals surface area (Å²) in [6, 6.07) is -2.35. The van der Waals surface area contributed by atoms with E-state index in [1.807, 2.05) is 4.91 Å². The molecular formula is C5H3BrF4N3O2-. The van der Waals surface area contributed by atoms with E-state index in [0.29, 0.717) is 0 Å². The zero-order valence-corrected chi connectivity index (χ0v) is 8.42. The Kier molecular flexibility index (Phi) is 4.35. The fourth-order valence-electron chi connectivity index (χ4n) is 0.592. The fraction of sp³-hybridized carbons (Fsp3) is 0.800. The van der Waals surface area contributed by atoms with E-state index in [2.05, 4.69) is 5.11 Å². The van der Waals surface area contributed by atoms with Gasteiger partial charge in [-0.05, 0) is 21.5 Å². The van der Waals surface area contributed by atoms with E-state index in [1.54, 1.807) is 0 Å². The number of carboxylic acid groups (broad SMARTS) is 1. The van der Waals surface area contributed by atoms with Crippen LogP contribution in [0, 0.1) is 0 Å². The number of carbonyl (C=O) groups excluding carboxylic acids is 1. The highest BCUT2D eigenvalue weighted by Gasteiger charge is 2.55. The molecule has 0 N–H and O–H groups in total. The van der Waals surface area contributed by atoms with Crippen molar-refractivity contribution >= 4 is 21.9 Å². The molecule has 0 radical (unpaired) electrons. The van der Waals surface area contributed by atoms with Crippen LogP contribution in [0.5, 0.6) is 0 Å². The van der Waals surface area contributed by atoms with Gasteiger partial charge >= 0.3 is 10.8 Å². The fourth-order valence-corrected chi connectivity index (χ4v) is 0.754. The van der Waals surface area contributed by atoms with Crippen molar-refractivity contribution in [2.75, 3.05) is 0 Å². The Balaban J connectivity index is 4.82. The van der Waals surface area contributed by atoms with Gasteiger partial charge in [0.15, 0.2) is 0 Å². The molecule has 0 heterocycles. The van der Waals surface area contributed by atoms with Crippen molar-refractivity contribution in [3.8, 4) is 0 Å². The van der Waals surface area contributed by atoms with Gasteiger partial charge in [-0.15, -0.1) is 0 Å². The Morgan fingerprint density at radius 2 is 2.00 bits per heavy atom. The molecule has 1 atom stereocenters. The minimum absolute atomic E-state index is 1.40. The number of halogens is 5. The molecule has 0 aliphatic rings. The lowest BCUT2D eigenvalue weighted by molar-refractivity contribution is -0.309. The van der Waals surface area contributed by atoms with Gasteiger partial charge in [-0.25, -0.2) is 0 Å². The van der Waals surface area contributed by atoms with Crippen molar-refractivity contribution < 1.29 is 27.5 Å².